The van der Waals surface area contributed by atoms with Gasteiger partial charge in [-0.2, -0.15) is 0 Å². The van der Waals surface area contributed by atoms with E-state index in [-0.39, 0.29) is 16.5 Å². The van der Waals surface area contributed by atoms with Crippen molar-refractivity contribution >= 4 is 9.84 Å². The lowest BCUT2D eigenvalue weighted by molar-refractivity contribution is 0.00193. The zero-order chi connectivity index (χ0) is 10.6. The second-order valence-corrected chi connectivity index (χ2v) is 7.22. The lowest BCUT2D eigenvalue weighted by atomic mass is 9.87. The summed E-state index contributed by atoms with van der Waals surface area (Å²) in [6.45, 7) is 1.75. The van der Waals surface area contributed by atoms with E-state index in [2.05, 4.69) is 0 Å². The Hall–Kier alpha value is -0.130. The fourth-order valence-electron chi connectivity index (χ4n) is 2.65. The van der Waals surface area contributed by atoms with Gasteiger partial charge in [-0.05, 0) is 32.6 Å². The van der Waals surface area contributed by atoms with Crippen LogP contribution in [-0.2, 0) is 9.84 Å². The molecule has 4 nitrogen and oxygen atoms in total. The van der Waals surface area contributed by atoms with Crippen LogP contribution in [-0.4, -0.2) is 35.7 Å². The molecule has 0 aliphatic carbocycles. The molecule has 2 saturated heterocycles. The van der Waals surface area contributed by atoms with E-state index in [9.17, 15) is 13.5 Å². The Morgan fingerprint density at radius 1 is 1.36 bits per heavy atom. The van der Waals surface area contributed by atoms with Crippen molar-refractivity contribution in [3.05, 3.63) is 0 Å². The first-order chi connectivity index (χ1) is 6.36. The lowest BCUT2D eigenvalue weighted by Crippen LogP contribution is -2.54. The van der Waals surface area contributed by atoms with Gasteiger partial charge in [0.2, 0.25) is 0 Å². The Morgan fingerprint density at radius 3 is 2.14 bits per heavy atom. The van der Waals surface area contributed by atoms with Gasteiger partial charge in [0.1, 0.15) is 0 Å². The number of rotatable bonds is 1. The van der Waals surface area contributed by atoms with E-state index in [1.807, 2.05) is 0 Å². The lowest BCUT2D eigenvalue weighted by Gasteiger charge is -2.38. The van der Waals surface area contributed by atoms with E-state index in [0.29, 0.717) is 25.7 Å². The standard InChI is InChI=1S/C9H17NO3S/c1-6(10)9(11)4-7-2-3-8(5-9)14(7,12)13/h6-8,11H,2-5,10H2,1H3. The molecular formula is C9H17NO3S. The van der Waals surface area contributed by atoms with Gasteiger partial charge in [-0.1, -0.05) is 0 Å². The number of fused-ring (bicyclic) bond motifs is 2. The molecule has 3 unspecified atom stereocenters. The van der Waals surface area contributed by atoms with Crippen LogP contribution in [0.15, 0.2) is 0 Å². The highest BCUT2D eigenvalue weighted by molar-refractivity contribution is 7.93. The van der Waals surface area contributed by atoms with E-state index < -0.39 is 15.4 Å². The van der Waals surface area contributed by atoms with Crippen LogP contribution in [0.25, 0.3) is 0 Å². The van der Waals surface area contributed by atoms with Gasteiger partial charge in [-0.15, -0.1) is 0 Å². The van der Waals surface area contributed by atoms with Gasteiger partial charge in [0.05, 0.1) is 16.1 Å². The third-order valence-electron chi connectivity index (χ3n) is 3.75. The molecular weight excluding hydrogens is 202 g/mol. The second-order valence-electron chi connectivity index (χ2n) is 4.71. The summed E-state index contributed by atoms with van der Waals surface area (Å²) in [6, 6.07) is -0.346. The van der Waals surface area contributed by atoms with Crippen LogP contribution in [0.3, 0.4) is 0 Å². The van der Waals surface area contributed by atoms with Crippen molar-refractivity contribution in [3.8, 4) is 0 Å². The number of nitrogens with two attached hydrogens (primary N) is 1. The Balaban J connectivity index is 2.30. The van der Waals surface area contributed by atoms with Crippen molar-refractivity contribution in [1.82, 2.24) is 0 Å². The van der Waals surface area contributed by atoms with Crippen LogP contribution in [0.2, 0.25) is 0 Å². The van der Waals surface area contributed by atoms with Crippen molar-refractivity contribution in [1.29, 1.82) is 0 Å². The Kier molecular flexibility index (Phi) is 2.18. The molecule has 2 fully saturated rings. The van der Waals surface area contributed by atoms with Gasteiger partial charge in [0.15, 0.2) is 9.84 Å². The molecule has 82 valence electrons. The summed E-state index contributed by atoms with van der Waals surface area (Å²) in [5.74, 6) is 0. The van der Waals surface area contributed by atoms with Crippen molar-refractivity contribution < 1.29 is 13.5 Å². The normalized spacial score (nSPS) is 47.6. The van der Waals surface area contributed by atoms with E-state index in [1.165, 1.54) is 0 Å². The summed E-state index contributed by atoms with van der Waals surface area (Å²) < 4.78 is 23.5. The predicted molar refractivity (Wildman–Crippen MR) is 53.6 cm³/mol. The average molecular weight is 219 g/mol. The molecule has 2 aliphatic heterocycles. The quantitative estimate of drug-likeness (QED) is 0.640. The van der Waals surface area contributed by atoms with Crippen LogP contribution in [0.5, 0.6) is 0 Å². The molecule has 0 aromatic heterocycles. The van der Waals surface area contributed by atoms with E-state index in [1.54, 1.807) is 6.92 Å². The van der Waals surface area contributed by atoms with Crippen LogP contribution in [0.1, 0.15) is 32.6 Å². The van der Waals surface area contributed by atoms with Gasteiger partial charge >= 0.3 is 0 Å². The van der Waals surface area contributed by atoms with Gasteiger partial charge in [-0.25, -0.2) is 8.42 Å². The van der Waals surface area contributed by atoms with Crippen molar-refractivity contribution in [2.75, 3.05) is 0 Å². The first-order valence-corrected chi connectivity index (χ1v) is 6.68. The minimum atomic E-state index is -2.95. The Morgan fingerprint density at radius 2 is 1.79 bits per heavy atom. The first-order valence-electron chi connectivity index (χ1n) is 5.07. The highest BCUT2D eigenvalue weighted by Gasteiger charge is 2.53. The third-order valence-corrected chi connectivity index (χ3v) is 6.41. The van der Waals surface area contributed by atoms with E-state index in [4.69, 9.17) is 5.73 Å². The molecule has 3 atom stereocenters. The van der Waals surface area contributed by atoms with Gasteiger partial charge in [0, 0.05) is 6.04 Å². The molecule has 14 heavy (non-hydrogen) atoms. The number of aliphatic hydroxyl groups is 1. The highest BCUT2D eigenvalue weighted by Crippen LogP contribution is 2.43. The van der Waals surface area contributed by atoms with Crippen LogP contribution in [0, 0.1) is 0 Å². The summed E-state index contributed by atoms with van der Waals surface area (Å²) in [5, 5.41) is 9.47. The SMILES string of the molecule is CC(N)C1(O)CC2CCC(C1)S2(=O)=O. The van der Waals surface area contributed by atoms with E-state index in [0.717, 1.165) is 0 Å². The van der Waals surface area contributed by atoms with Crippen LogP contribution >= 0.6 is 0 Å². The minimum Gasteiger partial charge on any atom is -0.388 e. The Bertz CT molecular complexity index is 316. The summed E-state index contributed by atoms with van der Waals surface area (Å²) in [7, 11) is -2.95. The molecule has 3 N–H and O–H groups in total. The molecule has 2 aliphatic rings. The minimum absolute atomic E-state index is 0.323. The summed E-state index contributed by atoms with van der Waals surface area (Å²) in [5.41, 5.74) is 4.74. The van der Waals surface area contributed by atoms with Crippen LogP contribution < -0.4 is 5.73 Å². The fourth-order valence-corrected chi connectivity index (χ4v) is 5.17. The largest absolute Gasteiger partial charge is 0.388 e. The van der Waals surface area contributed by atoms with Crippen LogP contribution in [0.4, 0.5) is 0 Å². The smallest absolute Gasteiger partial charge is 0.156 e. The summed E-state index contributed by atoms with van der Waals surface area (Å²) >= 11 is 0. The van der Waals surface area contributed by atoms with Gasteiger partial charge < -0.3 is 10.8 Å². The van der Waals surface area contributed by atoms with Crippen molar-refractivity contribution in [2.45, 2.75) is 54.7 Å². The summed E-state index contributed by atoms with van der Waals surface area (Å²) in [6.07, 6.45) is 2.04. The molecule has 2 heterocycles. The topological polar surface area (TPSA) is 80.4 Å². The highest BCUT2D eigenvalue weighted by atomic mass is 32.2. The van der Waals surface area contributed by atoms with Gasteiger partial charge in [0.25, 0.3) is 0 Å². The maximum atomic E-state index is 11.7. The van der Waals surface area contributed by atoms with Crippen molar-refractivity contribution in [3.63, 3.8) is 0 Å². The van der Waals surface area contributed by atoms with E-state index >= 15 is 0 Å². The zero-order valence-electron chi connectivity index (χ0n) is 8.31. The molecule has 0 aromatic carbocycles. The van der Waals surface area contributed by atoms with Gasteiger partial charge in [-0.3, -0.25) is 0 Å². The maximum absolute atomic E-state index is 11.7. The third kappa shape index (κ3) is 1.30. The maximum Gasteiger partial charge on any atom is 0.156 e. The molecule has 2 bridgehead atoms. The summed E-state index contributed by atoms with van der Waals surface area (Å²) in [4.78, 5) is 0. The fraction of sp³-hybridized carbons (Fsp3) is 1.00. The molecule has 2 rings (SSSR count). The molecule has 0 radical (unpaired) electrons. The number of sulfone groups is 1. The monoisotopic (exact) mass is 219 g/mol. The predicted octanol–water partition coefficient (Wildman–Crippen LogP) is -0.196. The number of hydrogen-bond donors (Lipinski definition) is 2. The molecule has 0 aromatic rings. The Labute approximate surface area is 84.4 Å². The molecule has 0 saturated carbocycles. The number of hydrogen-bond acceptors (Lipinski definition) is 4. The second kappa shape index (κ2) is 2.93. The average Bonchev–Trinajstić information content (AvgIpc) is 2.30. The molecule has 5 heteroatoms. The first kappa shape index (κ1) is 10.4. The molecule has 0 spiro atoms. The zero-order valence-corrected chi connectivity index (χ0v) is 9.13. The molecule has 0 amide bonds. The van der Waals surface area contributed by atoms with Crippen molar-refractivity contribution in [2.24, 2.45) is 5.73 Å².